The normalized spacial score (nSPS) is 0. The maximum atomic E-state index is 0. The van der Waals surface area contributed by atoms with Crippen molar-refractivity contribution < 1.29 is 38.8 Å². The molecule has 0 fully saturated rings. The average molecular weight is 200 g/mol. The fraction of sp³-hybridized carbons (Fsp3) is 0. The van der Waals surface area contributed by atoms with E-state index in [1.165, 1.54) is 0 Å². The molecule has 0 unspecified atom stereocenters. The monoisotopic (exact) mass is 199 g/mol. The van der Waals surface area contributed by atoms with Crippen LogP contribution in [0, 0.1) is 0 Å². The molecule has 0 aliphatic rings. The molecule has 0 aliphatic carbocycles. The van der Waals surface area contributed by atoms with Gasteiger partial charge in [-0.2, -0.15) is 0 Å². The zero-order valence-corrected chi connectivity index (χ0v) is 3.30. The molecule has 0 amide bonds. The molecule has 0 aromatic heterocycles. The van der Waals surface area contributed by atoms with Gasteiger partial charge in [0.25, 0.3) is 0 Å². The van der Waals surface area contributed by atoms with Crippen molar-refractivity contribution in [3.8, 4) is 0 Å². The van der Waals surface area contributed by atoms with Gasteiger partial charge in [0, 0.05) is 38.8 Å². The van der Waals surface area contributed by atoms with Crippen LogP contribution in [-0.2, 0) is 38.8 Å². The first-order valence-electron chi connectivity index (χ1n) is 0. The van der Waals surface area contributed by atoms with Crippen molar-refractivity contribution in [2.45, 2.75) is 0 Å². The minimum atomic E-state index is 0. The van der Waals surface area contributed by atoms with E-state index in [1.807, 2.05) is 0 Å². The predicted molar refractivity (Wildman–Crippen MR) is 29.8 cm³/mol. The number of rotatable bonds is 0. The molecule has 0 aliphatic heterocycles. The summed E-state index contributed by atoms with van der Waals surface area (Å²) in [5.41, 5.74) is 0. The Labute approximate surface area is 88.9 Å². The third-order valence-electron chi connectivity index (χ3n) is 0. The summed E-state index contributed by atoms with van der Waals surface area (Å²) in [5.74, 6) is 0. The topological polar surface area (TPSA) is 0 Å². The van der Waals surface area contributed by atoms with Gasteiger partial charge in [0.05, 0.1) is 0 Å². The van der Waals surface area contributed by atoms with Gasteiger partial charge >= 0.3 is 23.1 Å². The SMILES string of the molecule is [AlH3].[Cu].[MgH2].[SiH4].[Ti]. The molecule has 0 aromatic carbocycles. The Bertz CT molecular complexity index is 11.6. The molecule has 0 heterocycles. The Kier molecular flexibility index (Phi) is 276. The first kappa shape index (κ1) is 46.7. The molecule has 0 bridgehead atoms. The van der Waals surface area contributed by atoms with Gasteiger partial charge < -0.3 is 0 Å². The molecule has 0 nitrogen and oxygen atoms in total. The van der Waals surface area contributed by atoms with Crippen molar-refractivity contribution in [1.82, 2.24) is 0 Å². The average Bonchev–Trinajstić information content (AvgIpc) is 0. The van der Waals surface area contributed by atoms with Crippen LogP contribution in [0.4, 0.5) is 0 Å². The minimum Gasteiger partial charge on any atom is -0.0149 e. The summed E-state index contributed by atoms with van der Waals surface area (Å²) >= 11 is 0. The van der Waals surface area contributed by atoms with Crippen molar-refractivity contribution in [1.29, 1.82) is 0 Å². The smallest absolute Gasteiger partial charge is 0.0149 e. The quantitative estimate of drug-likeness (QED) is 0.355. The van der Waals surface area contributed by atoms with Crippen molar-refractivity contribution in [3.63, 3.8) is 0 Å². The van der Waals surface area contributed by atoms with E-state index in [4.69, 9.17) is 0 Å². The summed E-state index contributed by atoms with van der Waals surface area (Å²) in [4.78, 5) is 0. The van der Waals surface area contributed by atoms with Crippen molar-refractivity contribution >= 4 is 51.4 Å². The Hall–Kier alpha value is 2.75. The summed E-state index contributed by atoms with van der Waals surface area (Å²) < 4.78 is 0. The third-order valence-corrected chi connectivity index (χ3v) is 0. The molecular formula is H9AlCuMgSiTi. The Morgan fingerprint density at radius 3 is 1.00 bits per heavy atom. The summed E-state index contributed by atoms with van der Waals surface area (Å²) in [7, 11) is 0. The van der Waals surface area contributed by atoms with E-state index in [-0.39, 0.29) is 90.2 Å². The Morgan fingerprint density at radius 1 is 1.00 bits per heavy atom. The summed E-state index contributed by atoms with van der Waals surface area (Å²) in [6, 6.07) is 0. The van der Waals surface area contributed by atoms with E-state index in [2.05, 4.69) is 0 Å². The van der Waals surface area contributed by atoms with Crippen molar-refractivity contribution in [2.75, 3.05) is 0 Å². The molecule has 0 spiro atoms. The van der Waals surface area contributed by atoms with Gasteiger partial charge in [-0.05, 0) is 11.0 Å². The summed E-state index contributed by atoms with van der Waals surface area (Å²) in [6.07, 6.45) is 0. The van der Waals surface area contributed by atoms with E-state index in [0.29, 0.717) is 0 Å². The van der Waals surface area contributed by atoms with E-state index in [9.17, 15) is 0 Å². The van der Waals surface area contributed by atoms with E-state index in [0.717, 1.165) is 0 Å². The number of hydrogen-bond donors (Lipinski definition) is 0. The first-order chi connectivity index (χ1) is 0. The van der Waals surface area contributed by atoms with Crippen LogP contribution in [0.3, 0.4) is 0 Å². The van der Waals surface area contributed by atoms with Crippen LogP contribution in [0.2, 0.25) is 0 Å². The Morgan fingerprint density at radius 2 is 1.00 bits per heavy atom. The second-order valence-corrected chi connectivity index (χ2v) is 0. The second-order valence-electron chi connectivity index (χ2n) is 0. The molecule has 33 valence electrons. The molecular weight excluding hydrogens is 191 g/mol. The van der Waals surface area contributed by atoms with Gasteiger partial charge in [-0.25, -0.2) is 0 Å². The van der Waals surface area contributed by atoms with Crippen LogP contribution in [-0.4, -0.2) is 51.4 Å². The van der Waals surface area contributed by atoms with Crippen LogP contribution in [0.25, 0.3) is 0 Å². The molecule has 5 heteroatoms. The maximum absolute atomic E-state index is 0. The first-order valence-corrected chi connectivity index (χ1v) is 0. The van der Waals surface area contributed by atoms with Gasteiger partial charge in [-0.15, -0.1) is 0 Å². The van der Waals surface area contributed by atoms with Crippen molar-refractivity contribution in [2.24, 2.45) is 0 Å². The fourth-order valence-electron chi connectivity index (χ4n) is 0. The predicted octanol–water partition coefficient (Wildman–Crippen LogP) is -3.56. The Balaban J connectivity index is 0. The second kappa shape index (κ2) is 29.5. The zero-order chi connectivity index (χ0) is 0. The molecule has 0 N–H and O–H groups in total. The van der Waals surface area contributed by atoms with Gasteiger partial charge in [-0.1, -0.05) is 0 Å². The van der Waals surface area contributed by atoms with E-state index < -0.39 is 0 Å². The zero-order valence-electron chi connectivity index (χ0n) is 0.802. The molecule has 5 heavy (non-hydrogen) atoms. The minimum absolute atomic E-state index is 0. The van der Waals surface area contributed by atoms with Crippen LogP contribution in [0.15, 0.2) is 0 Å². The van der Waals surface area contributed by atoms with Crippen LogP contribution in [0.1, 0.15) is 0 Å². The standard InChI is InChI=1S/Al.Cu.Mg.H4Si.Ti.5H/h;;;1H4;;;;;;. The molecule has 0 saturated heterocycles. The summed E-state index contributed by atoms with van der Waals surface area (Å²) in [5, 5.41) is 0. The fourth-order valence-corrected chi connectivity index (χ4v) is 0. The van der Waals surface area contributed by atoms with Crippen LogP contribution < -0.4 is 0 Å². The van der Waals surface area contributed by atoms with E-state index >= 15 is 0 Å². The maximum Gasteiger partial charge on any atom is 0.316 e. The molecule has 0 saturated carbocycles. The largest absolute Gasteiger partial charge is 0.316 e. The third kappa shape index (κ3) is 20.1. The molecule has 0 aromatic rings. The van der Waals surface area contributed by atoms with E-state index in [1.54, 1.807) is 0 Å². The molecule has 1 radical (unpaired) electrons. The van der Waals surface area contributed by atoms with Crippen LogP contribution in [0.5, 0.6) is 0 Å². The number of hydrogen-bond acceptors (Lipinski definition) is 0. The molecule has 0 rings (SSSR count). The van der Waals surface area contributed by atoms with Crippen LogP contribution >= 0.6 is 0 Å². The van der Waals surface area contributed by atoms with Gasteiger partial charge in [0.2, 0.25) is 0 Å². The summed E-state index contributed by atoms with van der Waals surface area (Å²) in [6.45, 7) is 0. The van der Waals surface area contributed by atoms with Crippen molar-refractivity contribution in [3.05, 3.63) is 0 Å². The van der Waals surface area contributed by atoms with Gasteiger partial charge in [-0.3, -0.25) is 0 Å². The van der Waals surface area contributed by atoms with Gasteiger partial charge in [0.15, 0.2) is 17.4 Å². The molecule has 0 atom stereocenters. The van der Waals surface area contributed by atoms with Gasteiger partial charge in [0.1, 0.15) is 0 Å².